The molecule has 0 aliphatic carbocycles. The van der Waals surface area contributed by atoms with Gasteiger partial charge in [0.15, 0.2) is 0 Å². The van der Waals surface area contributed by atoms with Crippen molar-refractivity contribution in [1.29, 1.82) is 5.26 Å². The van der Waals surface area contributed by atoms with Crippen molar-refractivity contribution in [2.75, 3.05) is 32.1 Å². The van der Waals surface area contributed by atoms with Crippen LogP contribution in [-0.2, 0) is 9.31 Å². The van der Waals surface area contributed by atoms with E-state index in [4.69, 9.17) is 9.31 Å². The Morgan fingerprint density at radius 1 is 1.28 bits per heavy atom. The molecule has 3 heterocycles. The molecule has 0 aromatic carbocycles. The fourth-order valence-corrected chi connectivity index (χ4v) is 3.27. The van der Waals surface area contributed by atoms with Crippen LogP contribution in [0.2, 0.25) is 0 Å². The zero-order valence-corrected chi connectivity index (χ0v) is 16.0. The van der Waals surface area contributed by atoms with Crippen molar-refractivity contribution in [2.45, 2.75) is 51.4 Å². The zero-order valence-electron chi connectivity index (χ0n) is 16.0. The molecule has 0 bridgehead atoms. The number of anilines is 1. The lowest BCUT2D eigenvalue weighted by Crippen LogP contribution is -2.41. The fraction of sp³-hybridized carbons (Fsp3) is 0.667. The highest BCUT2D eigenvalue weighted by Gasteiger charge is 2.52. The first-order chi connectivity index (χ1) is 11.6. The summed E-state index contributed by atoms with van der Waals surface area (Å²) in [7, 11) is 3.69. The number of hydrogen-bond donors (Lipinski definition) is 0. The second-order valence-corrected chi connectivity index (χ2v) is 8.19. The second-order valence-electron chi connectivity index (χ2n) is 8.19. The molecule has 1 aromatic rings. The van der Waals surface area contributed by atoms with Gasteiger partial charge < -0.3 is 19.1 Å². The number of nitrogens with zero attached hydrogens (tertiary/aromatic N) is 4. The van der Waals surface area contributed by atoms with Crippen LogP contribution in [0.4, 0.5) is 5.82 Å². The highest BCUT2D eigenvalue weighted by atomic mass is 16.7. The Morgan fingerprint density at radius 2 is 1.92 bits per heavy atom. The Bertz CT molecular complexity index is 683. The molecule has 3 rings (SSSR count). The maximum absolute atomic E-state index is 9.62. The lowest BCUT2D eigenvalue weighted by atomic mass is 9.79. The van der Waals surface area contributed by atoms with Gasteiger partial charge in [0.25, 0.3) is 0 Å². The van der Waals surface area contributed by atoms with Gasteiger partial charge in [-0.05, 0) is 54.3 Å². The maximum Gasteiger partial charge on any atom is 0.496 e. The van der Waals surface area contributed by atoms with Crippen LogP contribution < -0.4 is 10.4 Å². The van der Waals surface area contributed by atoms with Crippen LogP contribution >= 0.6 is 0 Å². The molecule has 6 nitrogen and oxygen atoms in total. The van der Waals surface area contributed by atoms with Crippen LogP contribution in [0, 0.1) is 11.3 Å². The van der Waals surface area contributed by atoms with E-state index in [1.807, 2.05) is 33.8 Å². The topological polar surface area (TPSA) is 61.6 Å². The van der Waals surface area contributed by atoms with Gasteiger partial charge in [-0.15, -0.1) is 0 Å². The van der Waals surface area contributed by atoms with Gasteiger partial charge in [0.2, 0.25) is 0 Å². The molecule has 134 valence electrons. The van der Waals surface area contributed by atoms with Crippen LogP contribution in [0.3, 0.4) is 0 Å². The van der Waals surface area contributed by atoms with Crippen molar-refractivity contribution in [3.8, 4) is 6.07 Å². The number of rotatable bonds is 3. The fourth-order valence-electron chi connectivity index (χ4n) is 3.27. The van der Waals surface area contributed by atoms with Gasteiger partial charge >= 0.3 is 7.12 Å². The quantitative estimate of drug-likeness (QED) is 0.774. The molecule has 1 unspecified atom stereocenters. The molecular weight excluding hydrogens is 315 g/mol. The van der Waals surface area contributed by atoms with E-state index in [1.165, 1.54) is 0 Å². The number of nitriles is 1. The van der Waals surface area contributed by atoms with Gasteiger partial charge in [0.1, 0.15) is 11.9 Å². The predicted molar refractivity (Wildman–Crippen MR) is 99.0 cm³/mol. The molecule has 0 spiro atoms. The molecule has 25 heavy (non-hydrogen) atoms. The third-order valence-electron chi connectivity index (χ3n) is 5.73. The van der Waals surface area contributed by atoms with Crippen molar-refractivity contribution >= 4 is 18.4 Å². The first-order valence-electron chi connectivity index (χ1n) is 8.81. The lowest BCUT2D eigenvalue weighted by molar-refractivity contribution is 0.00578. The summed E-state index contributed by atoms with van der Waals surface area (Å²) in [5.41, 5.74) is 0.558. The molecule has 1 atom stereocenters. The molecule has 2 fully saturated rings. The van der Waals surface area contributed by atoms with Crippen molar-refractivity contribution in [2.24, 2.45) is 0 Å². The molecule has 1 aromatic heterocycles. The Balaban J connectivity index is 1.83. The zero-order chi connectivity index (χ0) is 18.4. The highest BCUT2D eigenvalue weighted by Crippen LogP contribution is 2.36. The summed E-state index contributed by atoms with van der Waals surface area (Å²) < 4.78 is 12.1. The lowest BCUT2D eigenvalue weighted by Gasteiger charge is -2.32. The first kappa shape index (κ1) is 18.2. The molecule has 2 aliphatic heterocycles. The highest BCUT2D eigenvalue weighted by molar-refractivity contribution is 6.62. The van der Waals surface area contributed by atoms with Gasteiger partial charge in [-0.1, -0.05) is 0 Å². The monoisotopic (exact) mass is 342 g/mol. The largest absolute Gasteiger partial charge is 0.496 e. The van der Waals surface area contributed by atoms with E-state index < -0.39 is 18.3 Å². The third-order valence-corrected chi connectivity index (χ3v) is 5.73. The summed E-state index contributed by atoms with van der Waals surface area (Å²) in [5, 5.41) is 9.62. The van der Waals surface area contributed by atoms with Crippen LogP contribution in [0.25, 0.3) is 0 Å². The standard InChI is InChI=1S/C18H27BN4O2/c1-17(2)18(3,4)25-19(24-17)14-9-13(10-20)16(21-11-14)23-8-7-15(12-23)22(5)6/h9,11,15H,7-8,12H2,1-6H3. The van der Waals surface area contributed by atoms with Crippen LogP contribution in [-0.4, -0.2) is 61.4 Å². The molecular formula is C18H27BN4O2. The summed E-state index contributed by atoms with van der Waals surface area (Å²) in [6.45, 7) is 9.89. The molecule has 0 saturated carbocycles. The molecule has 2 saturated heterocycles. The number of aromatic nitrogens is 1. The summed E-state index contributed by atoms with van der Waals surface area (Å²) in [6.07, 6.45) is 2.86. The number of pyridine rings is 1. The van der Waals surface area contributed by atoms with Crippen LogP contribution in [0.15, 0.2) is 12.3 Å². The first-order valence-corrected chi connectivity index (χ1v) is 8.81. The minimum Gasteiger partial charge on any atom is -0.399 e. The van der Waals surface area contributed by atoms with Crippen molar-refractivity contribution in [3.63, 3.8) is 0 Å². The molecule has 0 amide bonds. The van der Waals surface area contributed by atoms with E-state index in [2.05, 4.69) is 34.9 Å². The van der Waals surface area contributed by atoms with E-state index in [-0.39, 0.29) is 0 Å². The molecule has 0 N–H and O–H groups in total. The molecule has 0 radical (unpaired) electrons. The average Bonchev–Trinajstić information content (AvgIpc) is 3.10. The SMILES string of the molecule is CN(C)C1CCN(c2ncc(B3OC(C)(C)C(C)(C)O3)cc2C#N)C1. The summed E-state index contributed by atoms with van der Waals surface area (Å²) >= 11 is 0. The Morgan fingerprint density at radius 3 is 2.44 bits per heavy atom. The summed E-state index contributed by atoms with van der Waals surface area (Å²) in [4.78, 5) is 9.01. The van der Waals surface area contributed by atoms with Gasteiger partial charge in [0.05, 0.1) is 16.8 Å². The second kappa shape index (κ2) is 6.28. The van der Waals surface area contributed by atoms with E-state index >= 15 is 0 Å². The maximum atomic E-state index is 9.62. The molecule has 2 aliphatic rings. The summed E-state index contributed by atoms with van der Waals surface area (Å²) in [5.74, 6) is 0.757. The molecule has 7 heteroatoms. The minimum absolute atomic E-state index is 0.406. The van der Waals surface area contributed by atoms with Gasteiger partial charge in [-0.2, -0.15) is 5.26 Å². The van der Waals surface area contributed by atoms with Gasteiger partial charge in [-0.3, -0.25) is 0 Å². The van der Waals surface area contributed by atoms with Crippen LogP contribution in [0.5, 0.6) is 0 Å². The smallest absolute Gasteiger partial charge is 0.399 e. The normalized spacial score (nSPS) is 24.8. The van der Waals surface area contributed by atoms with Gasteiger partial charge in [-0.25, -0.2) is 4.98 Å². The van der Waals surface area contributed by atoms with E-state index in [0.29, 0.717) is 11.6 Å². The van der Waals surface area contributed by atoms with E-state index in [1.54, 1.807) is 6.20 Å². The number of hydrogen-bond acceptors (Lipinski definition) is 6. The van der Waals surface area contributed by atoms with Crippen molar-refractivity contribution in [3.05, 3.63) is 17.8 Å². The Labute approximate surface area is 150 Å². The van der Waals surface area contributed by atoms with Crippen LogP contribution in [0.1, 0.15) is 39.7 Å². The van der Waals surface area contributed by atoms with Gasteiger partial charge in [0, 0.05) is 30.8 Å². The Hall–Kier alpha value is -1.62. The van der Waals surface area contributed by atoms with Crippen molar-refractivity contribution in [1.82, 2.24) is 9.88 Å². The number of likely N-dealkylation sites (N-methyl/N-ethyl adjacent to an activating group) is 1. The average molecular weight is 342 g/mol. The van der Waals surface area contributed by atoms with E-state index in [9.17, 15) is 5.26 Å². The summed E-state index contributed by atoms with van der Waals surface area (Å²) in [6, 6.07) is 4.64. The third kappa shape index (κ3) is 3.26. The van der Waals surface area contributed by atoms with Crippen molar-refractivity contribution < 1.29 is 9.31 Å². The Kier molecular flexibility index (Phi) is 4.57. The van der Waals surface area contributed by atoms with E-state index in [0.717, 1.165) is 30.8 Å². The predicted octanol–water partition coefficient (Wildman–Crippen LogP) is 1.39. The minimum atomic E-state index is -0.494.